The van der Waals surface area contributed by atoms with Gasteiger partial charge in [0.15, 0.2) is 0 Å². The minimum absolute atomic E-state index is 0.244. The Labute approximate surface area is 96.7 Å². The summed E-state index contributed by atoms with van der Waals surface area (Å²) in [6.45, 7) is 2.51. The van der Waals surface area contributed by atoms with Crippen molar-refractivity contribution in [2.75, 3.05) is 13.2 Å². The number of hydrogen-bond donors (Lipinski definition) is 1. The van der Waals surface area contributed by atoms with Crippen molar-refractivity contribution in [2.45, 2.75) is 45.4 Å². The number of carbonyl (C=O) groups is 2. The molecule has 1 aliphatic rings. The van der Waals surface area contributed by atoms with Crippen LogP contribution in [0, 0.1) is 5.92 Å². The fraction of sp³-hybridized carbons (Fsp3) is 0.833. The van der Waals surface area contributed by atoms with Gasteiger partial charge >= 0.3 is 11.9 Å². The summed E-state index contributed by atoms with van der Waals surface area (Å²) in [4.78, 5) is 22.1. The molecule has 0 heterocycles. The normalized spacial score (nSPS) is 16.1. The molecule has 1 aliphatic carbocycles. The highest BCUT2D eigenvalue weighted by atomic mass is 16.5. The molecule has 0 atom stereocenters. The van der Waals surface area contributed by atoms with Crippen LogP contribution in [-0.2, 0) is 14.3 Å². The van der Waals surface area contributed by atoms with Crippen LogP contribution in [0.1, 0.15) is 45.4 Å². The third-order valence-corrected chi connectivity index (χ3v) is 3.01. The van der Waals surface area contributed by atoms with Gasteiger partial charge in [0.25, 0.3) is 0 Å². The van der Waals surface area contributed by atoms with Crippen LogP contribution in [0.2, 0.25) is 0 Å². The van der Waals surface area contributed by atoms with Crippen LogP contribution in [0.15, 0.2) is 0 Å². The molecular weight excluding hydrogens is 206 g/mol. The van der Waals surface area contributed by atoms with Gasteiger partial charge in [0.2, 0.25) is 0 Å². The van der Waals surface area contributed by atoms with Crippen LogP contribution >= 0.6 is 0 Å². The monoisotopic (exact) mass is 227 g/mol. The SMILES string of the molecule is CCOC(=O)C(=O)NCCCC1CCCC1. The molecule has 92 valence electrons. The summed E-state index contributed by atoms with van der Waals surface area (Å²) in [7, 11) is 0. The summed E-state index contributed by atoms with van der Waals surface area (Å²) in [5, 5.41) is 2.58. The number of esters is 1. The van der Waals surface area contributed by atoms with Crippen molar-refractivity contribution in [2.24, 2.45) is 5.92 Å². The first-order valence-electron chi connectivity index (χ1n) is 6.19. The molecule has 1 saturated carbocycles. The van der Waals surface area contributed by atoms with Crippen molar-refractivity contribution < 1.29 is 14.3 Å². The Morgan fingerprint density at radius 3 is 2.62 bits per heavy atom. The molecule has 0 saturated heterocycles. The first-order chi connectivity index (χ1) is 7.74. The van der Waals surface area contributed by atoms with Crippen molar-refractivity contribution in [1.82, 2.24) is 5.32 Å². The Hall–Kier alpha value is -1.06. The first-order valence-corrected chi connectivity index (χ1v) is 6.19. The lowest BCUT2D eigenvalue weighted by atomic mass is 10.0. The van der Waals surface area contributed by atoms with Crippen molar-refractivity contribution in [3.05, 3.63) is 0 Å². The van der Waals surface area contributed by atoms with Gasteiger partial charge in [0.1, 0.15) is 0 Å². The maximum absolute atomic E-state index is 11.1. The average molecular weight is 227 g/mol. The largest absolute Gasteiger partial charge is 0.459 e. The molecule has 0 radical (unpaired) electrons. The topological polar surface area (TPSA) is 55.4 Å². The van der Waals surface area contributed by atoms with Crippen molar-refractivity contribution in [1.29, 1.82) is 0 Å². The number of nitrogens with one attached hydrogen (secondary N) is 1. The van der Waals surface area contributed by atoms with E-state index in [0.717, 1.165) is 18.8 Å². The second-order valence-corrected chi connectivity index (χ2v) is 4.27. The lowest BCUT2D eigenvalue weighted by Crippen LogP contribution is -2.33. The zero-order valence-corrected chi connectivity index (χ0v) is 9.96. The number of hydrogen-bond acceptors (Lipinski definition) is 3. The van der Waals surface area contributed by atoms with Crippen molar-refractivity contribution in [3.8, 4) is 0 Å². The summed E-state index contributed by atoms with van der Waals surface area (Å²) in [5.74, 6) is -0.559. The van der Waals surface area contributed by atoms with E-state index in [1.165, 1.54) is 25.7 Å². The van der Waals surface area contributed by atoms with Gasteiger partial charge in [-0.3, -0.25) is 4.79 Å². The average Bonchev–Trinajstić information content (AvgIpc) is 2.77. The number of rotatable bonds is 5. The predicted molar refractivity (Wildman–Crippen MR) is 60.8 cm³/mol. The molecule has 4 nitrogen and oxygen atoms in total. The molecular formula is C12H21NO3. The third-order valence-electron chi connectivity index (χ3n) is 3.01. The zero-order valence-electron chi connectivity index (χ0n) is 9.96. The Morgan fingerprint density at radius 1 is 1.31 bits per heavy atom. The molecule has 1 fully saturated rings. The molecule has 0 spiro atoms. The lowest BCUT2D eigenvalue weighted by Gasteiger charge is -2.08. The van der Waals surface area contributed by atoms with Crippen LogP contribution in [0.4, 0.5) is 0 Å². The van der Waals surface area contributed by atoms with E-state index in [1.807, 2.05) is 0 Å². The van der Waals surface area contributed by atoms with Crippen molar-refractivity contribution >= 4 is 11.9 Å². The minimum Gasteiger partial charge on any atom is -0.459 e. The Balaban J connectivity index is 2.01. The molecule has 1 N–H and O–H groups in total. The highest BCUT2D eigenvalue weighted by Gasteiger charge is 2.16. The van der Waals surface area contributed by atoms with Crippen LogP contribution in [0.5, 0.6) is 0 Å². The van der Waals surface area contributed by atoms with E-state index in [9.17, 15) is 9.59 Å². The van der Waals surface area contributed by atoms with E-state index in [1.54, 1.807) is 6.92 Å². The van der Waals surface area contributed by atoms with E-state index >= 15 is 0 Å². The lowest BCUT2D eigenvalue weighted by molar-refractivity contribution is -0.154. The molecule has 0 aromatic rings. The fourth-order valence-corrected chi connectivity index (χ4v) is 2.16. The molecule has 0 aromatic carbocycles. The highest BCUT2D eigenvalue weighted by Crippen LogP contribution is 2.28. The minimum atomic E-state index is -0.775. The van der Waals surface area contributed by atoms with Gasteiger partial charge in [-0.1, -0.05) is 25.7 Å². The number of carbonyl (C=O) groups excluding carboxylic acids is 2. The van der Waals surface area contributed by atoms with Gasteiger partial charge < -0.3 is 10.1 Å². The summed E-state index contributed by atoms with van der Waals surface area (Å²) in [6.07, 6.45) is 7.45. The second-order valence-electron chi connectivity index (χ2n) is 4.27. The van der Waals surface area contributed by atoms with E-state index in [2.05, 4.69) is 10.1 Å². The smallest absolute Gasteiger partial charge is 0.396 e. The van der Waals surface area contributed by atoms with E-state index in [4.69, 9.17) is 0 Å². The van der Waals surface area contributed by atoms with Gasteiger partial charge in [0.05, 0.1) is 6.61 Å². The Kier molecular flexibility index (Phi) is 5.90. The zero-order chi connectivity index (χ0) is 11.8. The molecule has 1 rings (SSSR count). The molecule has 0 unspecified atom stereocenters. The molecule has 1 amide bonds. The van der Waals surface area contributed by atoms with Gasteiger partial charge in [-0.25, -0.2) is 4.79 Å². The molecule has 0 aromatic heterocycles. The Bertz CT molecular complexity index is 234. The predicted octanol–water partition coefficient (Wildman–Crippen LogP) is 1.64. The summed E-state index contributed by atoms with van der Waals surface area (Å²) < 4.78 is 4.58. The second kappa shape index (κ2) is 7.25. The van der Waals surface area contributed by atoms with Crippen LogP contribution in [0.3, 0.4) is 0 Å². The molecule has 0 aliphatic heterocycles. The van der Waals surface area contributed by atoms with Crippen LogP contribution < -0.4 is 5.32 Å². The summed E-state index contributed by atoms with van der Waals surface area (Å²) in [6, 6.07) is 0. The van der Waals surface area contributed by atoms with Crippen molar-refractivity contribution in [3.63, 3.8) is 0 Å². The molecule has 4 heteroatoms. The maximum atomic E-state index is 11.1. The van der Waals surface area contributed by atoms with Gasteiger partial charge in [-0.2, -0.15) is 0 Å². The highest BCUT2D eigenvalue weighted by molar-refractivity contribution is 6.32. The van der Waals surface area contributed by atoms with E-state index < -0.39 is 11.9 Å². The molecule has 0 bridgehead atoms. The van der Waals surface area contributed by atoms with Crippen LogP contribution in [0.25, 0.3) is 0 Å². The van der Waals surface area contributed by atoms with E-state index in [-0.39, 0.29) is 6.61 Å². The Morgan fingerprint density at radius 2 is 2.00 bits per heavy atom. The van der Waals surface area contributed by atoms with Gasteiger partial charge in [0, 0.05) is 6.54 Å². The quantitative estimate of drug-likeness (QED) is 0.441. The number of ether oxygens (including phenoxy) is 1. The fourth-order valence-electron chi connectivity index (χ4n) is 2.16. The summed E-state index contributed by atoms with van der Waals surface area (Å²) >= 11 is 0. The van der Waals surface area contributed by atoms with Gasteiger partial charge in [-0.05, 0) is 25.7 Å². The number of amides is 1. The standard InChI is InChI=1S/C12H21NO3/c1-2-16-12(15)11(14)13-9-5-8-10-6-3-4-7-10/h10H,2-9H2,1H3,(H,13,14). The first kappa shape index (κ1) is 13.0. The third kappa shape index (κ3) is 4.64. The maximum Gasteiger partial charge on any atom is 0.396 e. The summed E-state index contributed by atoms with van der Waals surface area (Å²) in [5.41, 5.74) is 0. The molecule has 16 heavy (non-hydrogen) atoms. The van der Waals surface area contributed by atoms with Gasteiger partial charge in [-0.15, -0.1) is 0 Å². The van der Waals surface area contributed by atoms with E-state index in [0.29, 0.717) is 6.54 Å². The van der Waals surface area contributed by atoms with Crippen LogP contribution in [-0.4, -0.2) is 25.0 Å².